The second kappa shape index (κ2) is 6.88. The molecule has 1 aliphatic rings. The smallest absolute Gasteiger partial charge is 0.0460 e. The van der Waals surface area contributed by atoms with E-state index in [1.165, 1.54) is 5.56 Å². The fraction of sp³-hybridized carbons (Fsp3) is 0.600. The summed E-state index contributed by atoms with van der Waals surface area (Å²) < 4.78 is 0. The number of likely N-dealkylation sites (tertiary alicyclic amines) is 1. The lowest BCUT2D eigenvalue weighted by Gasteiger charge is -2.32. The predicted octanol–water partition coefficient (Wildman–Crippen LogP) is 1.26. The molecule has 0 unspecified atom stereocenters. The van der Waals surface area contributed by atoms with Crippen LogP contribution in [0.4, 0.5) is 0 Å². The van der Waals surface area contributed by atoms with Crippen molar-refractivity contribution in [3.63, 3.8) is 0 Å². The molecule has 0 spiro atoms. The average Bonchev–Trinajstić information content (AvgIpc) is 2.40. The summed E-state index contributed by atoms with van der Waals surface area (Å²) in [5, 5.41) is 9.11. The first-order valence-electron chi connectivity index (χ1n) is 6.90. The molecule has 1 fully saturated rings. The van der Waals surface area contributed by atoms with Crippen molar-refractivity contribution in [3.8, 4) is 0 Å². The van der Waals surface area contributed by atoms with E-state index >= 15 is 0 Å². The molecule has 0 amide bonds. The van der Waals surface area contributed by atoms with Gasteiger partial charge in [0.15, 0.2) is 0 Å². The van der Waals surface area contributed by atoms with Crippen LogP contribution in [0.2, 0.25) is 0 Å². The lowest BCUT2D eigenvalue weighted by molar-refractivity contribution is 0.127. The highest BCUT2D eigenvalue weighted by atomic mass is 16.3. The maximum Gasteiger partial charge on any atom is 0.0460 e. The van der Waals surface area contributed by atoms with Gasteiger partial charge in [0.1, 0.15) is 0 Å². The summed E-state index contributed by atoms with van der Waals surface area (Å²) in [6, 6.07) is 10.6. The molecular weight excluding hydrogens is 224 g/mol. The lowest BCUT2D eigenvalue weighted by atomic mass is 9.97. The van der Waals surface area contributed by atoms with Crippen molar-refractivity contribution in [1.29, 1.82) is 0 Å². The molecule has 0 saturated carbocycles. The van der Waals surface area contributed by atoms with Crippen LogP contribution in [0.3, 0.4) is 0 Å². The molecule has 1 saturated heterocycles. The van der Waals surface area contributed by atoms with Crippen molar-refractivity contribution in [2.75, 3.05) is 26.2 Å². The van der Waals surface area contributed by atoms with Crippen LogP contribution in [0.5, 0.6) is 0 Å². The first kappa shape index (κ1) is 13.5. The van der Waals surface area contributed by atoms with Gasteiger partial charge in [-0.05, 0) is 43.8 Å². The summed E-state index contributed by atoms with van der Waals surface area (Å²) in [6.45, 7) is 3.46. The molecular formula is C15H24N2O. The summed E-state index contributed by atoms with van der Waals surface area (Å²) in [4.78, 5) is 2.43. The van der Waals surface area contributed by atoms with Crippen LogP contribution in [-0.4, -0.2) is 42.3 Å². The van der Waals surface area contributed by atoms with Gasteiger partial charge < -0.3 is 15.7 Å². The lowest BCUT2D eigenvalue weighted by Crippen LogP contribution is -2.43. The van der Waals surface area contributed by atoms with Gasteiger partial charge in [0.25, 0.3) is 0 Å². The fourth-order valence-electron chi connectivity index (χ4n) is 2.66. The molecule has 0 radical (unpaired) electrons. The molecule has 3 nitrogen and oxygen atoms in total. The molecule has 0 aromatic heterocycles. The number of piperidine rings is 1. The Balaban J connectivity index is 1.73. The van der Waals surface area contributed by atoms with Crippen LogP contribution in [0, 0.1) is 5.92 Å². The van der Waals surface area contributed by atoms with Crippen molar-refractivity contribution in [1.82, 2.24) is 4.90 Å². The fourth-order valence-corrected chi connectivity index (χ4v) is 2.66. The van der Waals surface area contributed by atoms with E-state index in [0.29, 0.717) is 12.5 Å². The third-order valence-corrected chi connectivity index (χ3v) is 3.80. The third-order valence-electron chi connectivity index (χ3n) is 3.80. The van der Waals surface area contributed by atoms with Crippen molar-refractivity contribution in [2.24, 2.45) is 11.7 Å². The number of hydrogen-bond donors (Lipinski definition) is 2. The molecule has 1 aromatic rings. The normalized spacial score (nSPS) is 19.9. The summed E-state index contributed by atoms with van der Waals surface area (Å²) in [7, 11) is 0. The monoisotopic (exact) mass is 248 g/mol. The highest BCUT2D eigenvalue weighted by Crippen LogP contribution is 2.16. The molecule has 0 aliphatic carbocycles. The number of hydrogen-bond acceptors (Lipinski definition) is 3. The molecule has 1 aliphatic heterocycles. The van der Waals surface area contributed by atoms with Crippen LogP contribution >= 0.6 is 0 Å². The Morgan fingerprint density at radius 3 is 2.50 bits per heavy atom. The SMILES string of the molecule is N[C@@H](Cc1ccccc1)CN1CCC(CO)CC1. The van der Waals surface area contributed by atoms with Gasteiger partial charge in [-0.2, -0.15) is 0 Å². The number of nitrogens with zero attached hydrogens (tertiary/aromatic N) is 1. The number of aliphatic hydroxyl groups excluding tert-OH is 1. The Labute approximate surface area is 110 Å². The highest BCUT2D eigenvalue weighted by molar-refractivity contribution is 5.15. The summed E-state index contributed by atoms with van der Waals surface area (Å²) in [5.74, 6) is 0.506. The average molecular weight is 248 g/mol. The molecule has 1 heterocycles. The highest BCUT2D eigenvalue weighted by Gasteiger charge is 2.19. The van der Waals surface area contributed by atoms with Crippen LogP contribution in [-0.2, 0) is 6.42 Å². The van der Waals surface area contributed by atoms with E-state index in [-0.39, 0.29) is 6.04 Å². The molecule has 18 heavy (non-hydrogen) atoms. The molecule has 2 rings (SSSR count). The zero-order valence-electron chi connectivity index (χ0n) is 11.0. The van der Waals surface area contributed by atoms with Crippen LogP contribution < -0.4 is 5.73 Å². The Kier molecular flexibility index (Phi) is 5.17. The van der Waals surface area contributed by atoms with Gasteiger partial charge >= 0.3 is 0 Å². The van der Waals surface area contributed by atoms with Gasteiger partial charge in [-0.3, -0.25) is 0 Å². The molecule has 3 N–H and O–H groups in total. The molecule has 1 atom stereocenters. The maximum absolute atomic E-state index is 9.11. The van der Waals surface area contributed by atoms with Crippen LogP contribution in [0.15, 0.2) is 30.3 Å². The van der Waals surface area contributed by atoms with Gasteiger partial charge in [-0.15, -0.1) is 0 Å². The van der Waals surface area contributed by atoms with Crippen molar-refractivity contribution >= 4 is 0 Å². The van der Waals surface area contributed by atoms with Crippen molar-refractivity contribution < 1.29 is 5.11 Å². The van der Waals surface area contributed by atoms with Gasteiger partial charge in [-0.1, -0.05) is 30.3 Å². The van der Waals surface area contributed by atoms with Gasteiger partial charge in [0.05, 0.1) is 0 Å². The van der Waals surface area contributed by atoms with E-state index in [9.17, 15) is 0 Å². The van der Waals surface area contributed by atoms with E-state index in [1.54, 1.807) is 0 Å². The zero-order valence-corrected chi connectivity index (χ0v) is 11.0. The second-order valence-corrected chi connectivity index (χ2v) is 5.38. The van der Waals surface area contributed by atoms with Gasteiger partial charge in [0.2, 0.25) is 0 Å². The standard InChI is InChI=1S/C15H24N2O/c16-15(10-13-4-2-1-3-5-13)11-17-8-6-14(12-18)7-9-17/h1-5,14-15,18H,6-12,16H2/t15-/m0/s1. The number of rotatable bonds is 5. The maximum atomic E-state index is 9.11. The largest absolute Gasteiger partial charge is 0.396 e. The van der Waals surface area contributed by atoms with E-state index in [4.69, 9.17) is 10.8 Å². The minimum Gasteiger partial charge on any atom is -0.396 e. The Hall–Kier alpha value is -0.900. The van der Waals surface area contributed by atoms with E-state index in [2.05, 4.69) is 29.2 Å². The van der Waals surface area contributed by atoms with Crippen LogP contribution in [0.25, 0.3) is 0 Å². The first-order chi connectivity index (χ1) is 8.78. The van der Waals surface area contributed by atoms with Gasteiger partial charge in [-0.25, -0.2) is 0 Å². The summed E-state index contributed by atoms with van der Waals surface area (Å²) >= 11 is 0. The van der Waals surface area contributed by atoms with Crippen molar-refractivity contribution in [3.05, 3.63) is 35.9 Å². The minimum atomic E-state index is 0.207. The first-order valence-corrected chi connectivity index (χ1v) is 6.90. The Morgan fingerprint density at radius 1 is 1.22 bits per heavy atom. The zero-order chi connectivity index (χ0) is 12.8. The van der Waals surface area contributed by atoms with E-state index in [1.807, 2.05) is 6.07 Å². The summed E-state index contributed by atoms with van der Waals surface area (Å²) in [5.41, 5.74) is 7.53. The number of nitrogens with two attached hydrogens (primary N) is 1. The quantitative estimate of drug-likeness (QED) is 0.825. The van der Waals surface area contributed by atoms with Gasteiger partial charge in [0, 0.05) is 19.2 Å². The van der Waals surface area contributed by atoms with E-state index in [0.717, 1.165) is 38.9 Å². The van der Waals surface area contributed by atoms with Crippen LogP contribution in [0.1, 0.15) is 18.4 Å². The predicted molar refractivity (Wildman–Crippen MR) is 74.4 cm³/mol. The molecule has 0 bridgehead atoms. The molecule has 3 heteroatoms. The Morgan fingerprint density at radius 2 is 1.89 bits per heavy atom. The third kappa shape index (κ3) is 4.09. The second-order valence-electron chi connectivity index (χ2n) is 5.38. The molecule has 1 aromatic carbocycles. The Bertz CT molecular complexity index is 334. The molecule has 100 valence electrons. The number of aliphatic hydroxyl groups is 1. The van der Waals surface area contributed by atoms with Crippen molar-refractivity contribution in [2.45, 2.75) is 25.3 Å². The minimum absolute atomic E-state index is 0.207. The topological polar surface area (TPSA) is 49.5 Å². The number of benzene rings is 1. The van der Waals surface area contributed by atoms with E-state index < -0.39 is 0 Å². The summed E-state index contributed by atoms with van der Waals surface area (Å²) in [6.07, 6.45) is 3.16.